The Bertz CT molecular complexity index is 1220. The van der Waals surface area contributed by atoms with Gasteiger partial charge in [0, 0.05) is 22.8 Å². The van der Waals surface area contributed by atoms with Crippen LogP contribution in [0.2, 0.25) is 5.02 Å². The number of hydrogen-bond acceptors (Lipinski definition) is 4. The van der Waals surface area contributed by atoms with Crippen molar-refractivity contribution >= 4 is 35.2 Å². The van der Waals surface area contributed by atoms with Gasteiger partial charge in [-0.15, -0.1) is 0 Å². The SMILES string of the molecule is Cc1ccccc1NC(=O)COc1ccc(Cl)cc1/C=C(\C#N)C(=O)NCc1ccccc1. The maximum atomic E-state index is 12.5. The minimum Gasteiger partial charge on any atom is -0.483 e. The van der Waals surface area contributed by atoms with E-state index in [0.29, 0.717) is 22.0 Å². The Morgan fingerprint density at radius 1 is 1.06 bits per heavy atom. The number of carbonyl (C=O) groups excluding carboxylic acids is 2. The Labute approximate surface area is 197 Å². The second-order valence-electron chi connectivity index (χ2n) is 7.17. The molecule has 0 saturated heterocycles. The molecule has 0 aliphatic rings. The van der Waals surface area contributed by atoms with Crippen molar-refractivity contribution in [3.8, 4) is 11.8 Å². The zero-order valence-electron chi connectivity index (χ0n) is 18.0. The standard InChI is InChI=1S/C26H22ClN3O3/c1-18-7-5-6-10-23(18)30-25(31)17-33-24-12-11-22(27)14-20(24)13-21(15-28)26(32)29-16-19-8-3-2-4-9-19/h2-14H,16-17H2,1H3,(H,29,32)(H,30,31)/b21-13+. The molecule has 0 radical (unpaired) electrons. The number of benzene rings is 3. The number of para-hydroxylation sites is 1. The highest BCUT2D eigenvalue weighted by atomic mass is 35.5. The van der Waals surface area contributed by atoms with Gasteiger partial charge in [-0.2, -0.15) is 5.26 Å². The van der Waals surface area contributed by atoms with Crippen molar-refractivity contribution in [1.82, 2.24) is 5.32 Å². The molecule has 2 amide bonds. The molecule has 6 nitrogen and oxygen atoms in total. The smallest absolute Gasteiger partial charge is 0.262 e. The first-order chi connectivity index (χ1) is 16.0. The van der Waals surface area contributed by atoms with E-state index in [2.05, 4.69) is 10.6 Å². The van der Waals surface area contributed by atoms with Crippen LogP contribution < -0.4 is 15.4 Å². The molecular formula is C26H22ClN3O3. The molecule has 0 aliphatic carbocycles. The number of aryl methyl sites for hydroxylation is 1. The zero-order chi connectivity index (χ0) is 23.6. The van der Waals surface area contributed by atoms with E-state index in [9.17, 15) is 14.9 Å². The van der Waals surface area contributed by atoms with Gasteiger partial charge in [0.1, 0.15) is 17.4 Å². The molecule has 0 bridgehead atoms. The zero-order valence-corrected chi connectivity index (χ0v) is 18.7. The lowest BCUT2D eigenvalue weighted by Crippen LogP contribution is -2.24. The van der Waals surface area contributed by atoms with Crippen LogP contribution in [-0.2, 0) is 16.1 Å². The molecule has 0 heterocycles. The van der Waals surface area contributed by atoms with E-state index in [4.69, 9.17) is 16.3 Å². The lowest BCUT2D eigenvalue weighted by atomic mass is 10.1. The summed E-state index contributed by atoms with van der Waals surface area (Å²) in [6.45, 7) is 1.93. The summed E-state index contributed by atoms with van der Waals surface area (Å²) in [5.74, 6) is -0.539. The predicted molar refractivity (Wildman–Crippen MR) is 129 cm³/mol. The summed E-state index contributed by atoms with van der Waals surface area (Å²) in [5, 5.41) is 15.4. The molecule has 0 aliphatic heterocycles. The second kappa shape index (κ2) is 11.5. The Morgan fingerprint density at radius 3 is 2.52 bits per heavy atom. The lowest BCUT2D eigenvalue weighted by Gasteiger charge is -2.12. The van der Waals surface area contributed by atoms with Crippen molar-refractivity contribution in [3.05, 3.63) is 100 Å². The van der Waals surface area contributed by atoms with E-state index in [1.54, 1.807) is 24.3 Å². The van der Waals surface area contributed by atoms with Crippen molar-refractivity contribution in [3.63, 3.8) is 0 Å². The molecule has 0 unspecified atom stereocenters. The molecule has 0 aromatic heterocycles. The second-order valence-corrected chi connectivity index (χ2v) is 7.61. The minimum atomic E-state index is -0.524. The fourth-order valence-electron chi connectivity index (χ4n) is 2.98. The van der Waals surface area contributed by atoms with Gasteiger partial charge >= 0.3 is 0 Å². The van der Waals surface area contributed by atoms with Gasteiger partial charge in [-0.25, -0.2) is 0 Å². The normalized spacial score (nSPS) is 10.8. The molecule has 33 heavy (non-hydrogen) atoms. The monoisotopic (exact) mass is 459 g/mol. The molecule has 3 aromatic carbocycles. The quantitative estimate of drug-likeness (QED) is 0.370. The number of rotatable bonds is 8. The average Bonchev–Trinajstić information content (AvgIpc) is 2.82. The molecule has 7 heteroatoms. The number of nitrogens with one attached hydrogen (secondary N) is 2. The Balaban J connectivity index is 1.70. The summed E-state index contributed by atoms with van der Waals surface area (Å²) >= 11 is 6.10. The third-order valence-electron chi connectivity index (χ3n) is 4.71. The summed E-state index contributed by atoms with van der Waals surface area (Å²) in [7, 11) is 0. The van der Waals surface area contributed by atoms with Crippen LogP contribution in [0.4, 0.5) is 5.69 Å². The van der Waals surface area contributed by atoms with Gasteiger partial charge in [0.25, 0.3) is 11.8 Å². The first-order valence-corrected chi connectivity index (χ1v) is 10.6. The van der Waals surface area contributed by atoms with Crippen molar-refractivity contribution in [2.45, 2.75) is 13.5 Å². The number of hydrogen-bond donors (Lipinski definition) is 2. The first kappa shape index (κ1) is 23.6. The Morgan fingerprint density at radius 2 is 1.79 bits per heavy atom. The molecule has 3 aromatic rings. The Kier molecular flexibility index (Phi) is 8.23. The fourth-order valence-corrected chi connectivity index (χ4v) is 3.16. The number of nitriles is 1. The van der Waals surface area contributed by atoms with Crippen molar-refractivity contribution < 1.29 is 14.3 Å². The van der Waals surface area contributed by atoms with Gasteiger partial charge in [0.15, 0.2) is 6.61 Å². The van der Waals surface area contributed by atoms with E-state index in [1.165, 1.54) is 6.08 Å². The molecule has 0 atom stereocenters. The summed E-state index contributed by atoms with van der Waals surface area (Å²) < 4.78 is 5.66. The fraction of sp³-hybridized carbons (Fsp3) is 0.115. The first-order valence-electron chi connectivity index (χ1n) is 10.2. The van der Waals surface area contributed by atoms with Crippen molar-refractivity contribution in [2.75, 3.05) is 11.9 Å². The van der Waals surface area contributed by atoms with Gasteiger partial charge in [0.05, 0.1) is 0 Å². The number of halogens is 1. The van der Waals surface area contributed by atoms with Crippen LogP contribution in [0.3, 0.4) is 0 Å². The maximum absolute atomic E-state index is 12.5. The van der Waals surface area contributed by atoms with Crippen LogP contribution in [0, 0.1) is 18.3 Å². The number of carbonyl (C=O) groups is 2. The number of ether oxygens (including phenoxy) is 1. The van der Waals surface area contributed by atoms with E-state index in [0.717, 1.165) is 11.1 Å². The van der Waals surface area contributed by atoms with Crippen LogP contribution in [0.1, 0.15) is 16.7 Å². The number of nitrogens with zero attached hydrogens (tertiary/aromatic N) is 1. The van der Waals surface area contributed by atoms with Crippen LogP contribution in [0.15, 0.2) is 78.4 Å². The van der Waals surface area contributed by atoms with Gasteiger partial charge in [-0.05, 0) is 48.4 Å². The van der Waals surface area contributed by atoms with E-state index >= 15 is 0 Å². The lowest BCUT2D eigenvalue weighted by molar-refractivity contribution is -0.118. The summed E-state index contributed by atoms with van der Waals surface area (Å²) in [5.41, 5.74) is 2.85. The van der Waals surface area contributed by atoms with E-state index in [-0.39, 0.29) is 24.6 Å². The third-order valence-corrected chi connectivity index (χ3v) is 4.95. The molecule has 3 rings (SSSR count). The number of amides is 2. The van der Waals surface area contributed by atoms with Crippen LogP contribution >= 0.6 is 11.6 Å². The summed E-state index contributed by atoms with van der Waals surface area (Å²) in [4.78, 5) is 24.8. The maximum Gasteiger partial charge on any atom is 0.262 e. The van der Waals surface area contributed by atoms with Gasteiger partial charge in [-0.1, -0.05) is 60.1 Å². The largest absolute Gasteiger partial charge is 0.483 e. The van der Waals surface area contributed by atoms with E-state index in [1.807, 2.05) is 61.5 Å². The van der Waals surface area contributed by atoms with Gasteiger partial charge in [0.2, 0.25) is 0 Å². The van der Waals surface area contributed by atoms with Crippen molar-refractivity contribution in [1.29, 1.82) is 5.26 Å². The molecule has 2 N–H and O–H groups in total. The topological polar surface area (TPSA) is 91.2 Å². The van der Waals surface area contributed by atoms with Gasteiger partial charge < -0.3 is 15.4 Å². The van der Waals surface area contributed by atoms with E-state index < -0.39 is 5.91 Å². The molecular weight excluding hydrogens is 438 g/mol. The summed E-state index contributed by atoms with van der Waals surface area (Å²) in [6.07, 6.45) is 1.39. The van der Waals surface area contributed by atoms with Crippen LogP contribution in [0.25, 0.3) is 6.08 Å². The molecule has 166 valence electrons. The average molecular weight is 460 g/mol. The highest BCUT2D eigenvalue weighted by Gasteiger charge is 2.13. The third kappa shape index (κ3) is 6.96. The Hall–Kier alpha value is -4.08. The van der Waals surface area contributed by atoms with Crippen LogP contribution in [0.5, 0.6) is 5.75 Å². The molecule has 0 fully saturated rings. The van der Waals surface area contributed by atoms with Crippen LogP contribution in [-0.4, -0.2) is 18.4 Å². The molecule has 0 saturated carbocycles. The highest BCUT2D eigenvalue weighted by molar-refractivity contribution is 6.30. The minimum absolute atomic E-state index is 0.109. The predicted octanol–water partition coefficient (Wildman–Crippen LogP) is 4.89. The van der Waals surface area contributed by atoms with Crippen molar-refractivity contribution in [2.24, 2.45) is 0 Å². The molecule has 0 spiro atoms. The summed E-state index contributed by atoms with van der Waals surface area (Å²) in [6, 6.07) is 23.5. The number of anilines is 1. The van der Waals surface area contributed by atoms with Gasteiger partial charge in [-0.3, -0.25) is 9.59 Å². The highest BCUT2D eigenvalue weighted by Crippen LogP contribution is 2.25.